The predicted molar refractivity (Wildman–Crippen MR) is 115 cm³/mol. The molecule has 1 unspecified atom stereocenters. The van der Waals surface area contributed by atoms with Gasteiger partial charge in [-0.15, -0.1) is 0 Å². The van der Waals surface area contributed by atoms with E-state index in [1.54, 1.807) is 6.92 Å². The SMILES string of the molecule is CC1CC(F)(F)CN(C(=O)c2cc(C#N)ccc2-n2nccn2)[C@@H]1CNc1ncc(C(F)(F)F)cn1. The van der Waals surface area contributed by atoms with E-state index in [0.717, 1.165) is 9.70 Å². The Labute approximate surface area is 201 Å². The van der Waals surface area contributed by atoms with Crippen molar-refractivity contribution in [2.45, 2.75) is 31.5 Å². The lowest BCUT2D eigenvalue weighted by Crippen LogP contribution is -2.57. The highest BCUT2D eigenvalue weighted by Gasteiger charge is 2.46. The van der Waals surface area contributed by atoms with Crippen LogP contribution in [0.25, 0.3) is 5.69 Å². The van der Waals surface area contributed by atoms with Gasteiger partial charge in [-0.1, -0.05) is 6.92 Å². The molecule has 36 heavy (non-hydrogen) atoms. The summed E-state index contributed by atoms with van der Waals surface area (Å²) >= 11 is 0. The number of piperidine rings is 1. The van der Waals surface area contributed by atoms with E-state index in [0.29, 0.717) is 12.4 Å². The van der Waals surface area contributed by atoms with E-state index in [-0.39, 0.29) is 29.3 Å². The number of nitrogens with zero attached hydrogens (tertiary/aromatic N) is 7. The van der Waals surface area contributed by atoms with E-state index in [4.69, 9.17) is 0 Å². The van der Waals surface area contributed by atoms with Gasteiger partial charge in [0.1, 0.15) is 0 Å². The Balaban J connectivity index is 1.64. The van der Waals surface area contributed by atoms with Crippen LogP contribution in [0, 0.1) is 17.2 Å². The molecule has 188 valence electrons. The summed E-state index contributed by atoms with van der Waals surface area (Å²) < 4.78 is 67.4. The van der Waals surface area contributed by atoms with Crippen molar-refractivity contribution in [3.63, 3.8) is 0 Å². The molecule has 14 heteroatoms. The second kappa shape index (κ2) is 9.48. The van der Waals surface area contributed by atoms with Gasteiger partial charge in [0.2, 0.25) is 5.95 Å². The standard InChI is InChI=1S/C22H19F5N8O/c1-13-7-21(23,24)12-34(18(13)11-31-20-29-9-15(10-30-20)22(25,26)27)19(36)16-6-14(8-28)2-3-17(16)35-32-4-5-33-35/h2-6,9-10,13,18H,7,11-12H2,1H3,(H,29,30,31)/t13?,18-/m1/s1. The van der Waals surface area contributed by atoms with E-state index < -0.39 is 48.5 Å². The summed E-state index contributed by atoms with van der Waals surface area (Å²) in [6, 6.07) is 5.31. The number of carbonyl (C=O) groups is 1. The summed E-state index contributed by atoms with van der Waals surface area (Å²) in [5.41, 5.74) is -0.749. The number of halogens is 5. The van der Waals surface area contributed by atoms with Crippen molar-refractivity contribution in [1.82, 2.24) is 29.9 Å². The number of rotatable bonds is 5. The minimum atomic E-state index is -4.61. The fourth-order valence-electron chi connectivity index (χ4n) is 4.09. The normalized spacial score (nSPS) is 19.5. The lowest BCUT2D eigenvalue weighted by molar-refractivity contribution is -0.138. The Morgan fingerprint density at radius 1 is 1.22 bits per heavy atom. The third-order valence-electron chi connectivity index (χ3n) is 5.78. The fraction of sp³-hybridized carbons (Fsp3) is 0.364. The molecule has 9 nitrogen and oxygen atoms in total. The van der Waals surface area contributed by atoms with E-state index in [1.165, 1.54) is 30.6 Å². The molecule has 1 aliphatic rings. The summed E-state index contributed by atoms with van der Waals surface area (Å²) in [4.78, 5) is 23.0. The molecule has 1 amide bonds. The minimum absolute atomic E-state index is 0.0501. The van der Waals surface area contributed by atoms with Gasteiger partial charge in [-0.3, -0.25) is 4.79 Å². The van der Waals surface area contributed by atoms with Gasteiger partial charge < -0.3 is 10.2 Å². The number of hydrogen-bond donors (Lipinski definition) is 1. The Morgan fingerprint density at radius 3 is 2.50 bits per heavy atom. The number of benzene rings is 1. The average molecular weight is 506 g/mol. The molecule has 3 heterocycles. The highest BCUT2D eigenvalue weighted by Crippen LogP contribution is 2.36. The molecule has 0 aliphatic carbocycles. The lowest BCUT2D eigenvalue weighted by atomic mass is 9.87. The molecule has 0 saturated carbocycles. The van der Waals surface area contributed by atoms with Gasteiger partial charge in [0, 0.05) is 25.4 Å². The van der Waals surface area contributed by atoms with E-state index in [9.17, 15) is 32.0 Å². The number of nitriles is 1. The summed E-state index contributed by atoms with van der Waals surface area (Å²) in [6.07, 6.45) is -1.14. The number of nitrogens with one attached hydrogen (secondary N) is 1. The van der Waals surface area contributed by atoms with E-state index in [2.05, 4.69) is 25.5 Å². The molecule has 4 rings (SSSR count). The van der Waals surface area contributed by atoms with Gasteiger partial charge in [-0.25, -0.2) is 18.7 Å². The molecule has 2 atom stereocenters. The number of likely N-dealkylation sites (tertiary alicyclic amines) is 1. The van der Waals surface area contributed by atoms with Crippen LogP contribution in [-0.4, -0.2) is 60.8 Å². The highest BCUT2D eigenvalue weighted by molar-refractivity contribution is 5.98. The van der Waals surface area contributed by atoms with E-state index >= 15 is 0 Å². The minimum Gasteiger partial charge on any atom is -0.352 e. The van der Waals surface area contributed by atoms with Gasteiger partial charge in [0.25, 0.3) is 11.8 Å². The van der Waals surface area contributed by atoms with Crippen molar-refractivity contribution in [1.29, 1.82) is 5.26 Å². The molecular formula is C22H19F5N8O. The first kappa shape index (κ1) is 25.0. The maximum Gasteiger partial charge on any atom is 0.419 e. The largest absolute Gasteiger partial charge is 0.419 e. The molecular weight excluding hydrogens is 487 g/mol. The first-order valence-corrected chi connectivity index (χ1v) is 10.7. The second-order valence-corrected chi connectivity index (χ2v) is 8.37. The lowest BCUT2D eigenvalue weighted by Gasteiger charge is -2.43. The molecule has 1 saturated heterocycles. The quantitative estimate of drug-likeness (QED) is 0.527. The zero-order chi connectivity index (χ0) is 26.1. The number of anilines is 1. The second-order valence-electron chi connectivity index (χ2n) is 8.37. The zero-order valence-electron chi connectivity index (χ0n) is 18.7. The Morgan fingerprint density at radius 2 is 1.89 bits per heavy atom. The van der Waals surface area contributed by atoms with Crippen molar-refractivity contribution in [3.05, 3.63) is 59.7 Å². The van der Waals surface area contributed by atoms with Gasteiger partial charge in [-0.2, -0.15) is 33.4 Å². The third kappa shape index (κ3) is 5.24. The predicted octanol–water partition coefficient (Wildman–Crippen LogP) is 3.55. The fourth-order valence-corrected chi connectivity index (χ4v) is 4.09. The molecule has 0 radical (unpaired) electrons. The highest BCUT2D eigenvalue weighted by atomic mass is 19.4. The number of carbonyl (C=O) groups excluding carboxylic acids is 1. The van der Waals surface area contributed by atoms with Gasteiger partial charge in [0.15, 0.2) is 0 Å². The van der Waals surface area contributed by atoms with Crippen LogP contribution >= 0.6 is 0 Å². The van der Waals surface area contributed by atoms with Crippen LogP contribution in [0.4, 0.5) is 27.9 Å². The van der Waals surface area contributed by atoms with Gasteiger partial charge >= 0.3 is 6.18 Å². The summed E-state index contributed by atoms with van der Waals surface area (Å²) in [5, 5.41) is 20.0. The zero-order valence-corrected chi connectivity index (χ0v) is 18.7. The van der Waals surface area contributed by atoms with Crippen molar-refractivity contribution in [3.8, 4) is 11.8 Å². The first-order chi connectivity index (χ1) is 17.0. The van der Waals surface area contributed by atoms with Crippen molar-refractivity contribution in [2.24, 2.45) is 5.92 Å². The third-order valence-corrected chi connectivity index (χ3v) is 5.78. The Kier molecular flexibility index (Phi) is 6.57. The topological polar surface area (TPSA) is 113 Å². The molecule has 0 bridgehead atoms. The summed E-state index contributed by atoms with van der Waals surface area (Å²) in [5.74, 6) is -4.78. The van der Waals surface area contributed by atoms with Crippen molar-refractivity contribution in [2.75, 3.05) is 18.4 Å². The van der Waals surface area contributed by atoms with E-state index in [1.807, 2.05) is 6.07 Å². The number of alkyl halides is 5. The summed E-state index contributed by atoms with van der Waals surface area (Å²) in [6.45, 7) is 0.565. The van der Waals surface area contributed by atoms with Crippen LogP contribution in [0.2, 0.25) is 0 Å². The molecule has 1 N–H and O–H groups in total. The number of amides is 1. The van der Waals surface area contributed by atoms with Crippen LogP contribution in [0.15, 0.2) is 43.0 Å². The molecule has 1 aliphatic heterocycles. The average Bonchev–Trinajstić information content (AvgIpc) is 3.36. The first-order valence-electron chi connectivity index (χ1n) is 10.7. The maximum absolute atomic E-state index is 14.6. The van der Waals surface area contributed by atoms with Crippen LogP contribution in [0.5, 0.6) is 0 Å². The number of hydrogen-bond acceptors (Lipinski definition) is 7. The molecule has 1 fully saturated rings. The monoisotopic (exact) mass is 506 g/mol. The molecule has 2 aromatic heterocycles. The molecule has 1 aromatic carbocycles. The molecule has 3 aromatic rings. The van der Waals surface area contributed by atoms with Crippen molar-refractivity contribution >= 4 is 11.9 Å². The van der Waals surface area contributed by atoms with Crippen molar-refractivity contribution < 1.29 is 26.7 Å². The number of aromatic nitrogens is 5. The van der Waals surface area contributed by atoms with Crippen LogP contribution in [0.1, 0.15) is 34.8 Å². The summed E-state index contributed by atoms with van der Waals surface area (Å²) in [7, 11) is 0. The molecule has 0 spiro atoms. The van der Waals surface area contributed by atoms with Crippen LogP contribution in [0.3, 0.4) is 0 Å². The smallest absolute Gasteiger partial charge is 0.352 e. The van der Waals surface area contributed by atoms with Crippen LogP contribution in [-0.2, 0) is 6.18 Å². The van der Waals surface area contributed by atoms with Crippen LogP contribution < -0.4 is 5.32 Å². The Hall–Kier alpha value is -4.15. The van der Waals surface area contributed by atoms with Gasteiger partial charge in [0.05, 0.1) is 53.4 Å². The Bertz CT molecular complexity index is 1270. The van der Waals surface area contributed by atoms with Gasteiger partial charge in [-0.05, 0) is 24.1 Å². The maximum atomic E-state index is 14.6.